The van der Waals surface area contributed by atoms with E-state index in [1.165, 1.54) is 0 Å². The molecule has 0 radical (unpaired) electrons. The van der Waals surface area contributed by atoms with Gasteiger partial charge in [0, 0.05) is 38.1 Å². The first-order chi connectivity index (χ1) is 13.5. The van der Waals surface area contributed by atoms with Crippen molar-refractivity contribution in [3.05, 3.63) is 69.6 Å². The van der Waals surface area contributed by atoms with E-state index in [4.69, 9.17) is 23.2 Å². The van der Waals surface area contributed by atoms with E-state index in [9.17, 15) is 9.59 Å². The highest BCUT2D eigenvalue weighted by atomic mass is 35.5. The second-order valence-electron chi connectivity index (χ2n) is 6.71. The minimum absolute atomic E-state index is 0.129. The lowest BCUT2D eigenvalue weighted by molar-refractivity contribution is 0.0533. The fraction of sp³-hybridized carbons (Fsp3) is 0.250. The average molecular weight is 417 g/mol. The van der Waals surface area contributed by atoms with E-state index in [1.807, 2.05) is 29.5 Å². The fourth-order valence-electron chi connectivity index (χ4n) is 3.37. The highest BCUT2D eigenvalue weighted by Crippen LogP contribution is 2.27. The summed E-state index contributed by atoms with van der Waals surface area (Å²) in [6.45, 7) is 3.71. The van der Waals surface area contributed by atoms with Gasteiger partial charge in [-0.05, 0) is 31.2 Å². The van der Waals surface area contributed by atoms with Crippen LogP contribution in [0.25, 0.3) is 5.65 Å². The van der Waals surface area contributed by atoms with Gasteiger partial charge in [0.1, 0.15) is 11.3 Å². The molecule has 0 bridgehead atoms. The Kier molecular flexibility index (Phi) is 5.00. The van der Waals surface area contributed by atoms with Crippen molar-refractivity contribution in [1.29, 1.82) is 0 Å². The Hall–Kier alpha value is -2.57. The summed E-state index contributed by atoms with van der Waals surface area (Å²) in [5.74, 6) is -0.307. The third kappa shape index (κ3) is 3.34. The predicted molar refractivity (Wildman–Crippen MR) is 108 cm³/mol. The maximum absolute atomic E-state index is 12.8. The lowest BCUT2D eigenvalue weighted by Gasteiger charge is -2.34. The molecule has 1 aromatic carbocycles. The maximum atomic E-state index is 12.8. The summed E-state index contributed by atoms with van der Waals surface area (Å²) in [6.07, 6.45) is 1.76. The first-order valence-electron chi connectivity index (χ1n) is 8.93. The van der Waals surface area contributed by atoms with Gasteiger partial charge in [0.15, 0.2) is 0 Å². The lowest BCUT2D eigenvalue weighted by atomic mass is 10.1. The van der Waals surface area contributed by atoms with Crippen molar-refractivity contribution in [3.8, 4) is 0 Å². The molecule has 0 unspecified atom stereocenters. The summed E-state index contributed by atoms with van der Waals surface area (Å²) in [5.41, 5.74) is 2.54. The molecule has 0 N–H and O–H groups in total. The average Bonchev–Trinajstić information content (AvgIpc) is 3.15. The first kappa shape index (κ1) is 18.8. The molecule has 0 atom stereocenters. The molecule has 8 heteroatoms. The molecule has 0 aliphatic carbocycles. The standard InChI is InChI=1S/C20H18Cl2N4O2/c1-13-4-2-7-17-23-16(12-26(13)17)20(28)25-10-8-24(9-11-25)19(27)14-5-3-6-15(21)18(14)22/h2-7,12H,8-11H2,1H3. The Morgan fingerprint density at radius 1 is 0.929 bits per heavy atom. The van der Waals surface area contributed by atoms with Gasteiger partial charge in [-0.25, -0.2) is 4.98 Å². The molecule has 0 spiro atoms. The summed E-state index contributed by atoms with van der Waals surface area (Å²) in [5, 5.41) is 0.608. The molecule has 1 saturated heterocycles. The number of hydrogen-bond acceptors (Lipinski definition) is 3. The normalized spacial score (nSPS) is 14.5. The van der Waals surface area contributed by atoms with E-state index in [-0.39, 0.29) is 16.8 Å². The number of piperazine rings is 1. The number of carbonyl (C=O) groups is 2. The molecular formula is C20H18Cl2N4O2. The number of halogens is 2. The van der Waals surface area contributed by atoms with Crippen molar-refractivity contribution in [2.45, 2.75) is 6.92 Å². The summed E-state index contributed by atoms with van der Waals surface area (Å²) < 4.78 is 1.90. The van der Waals surface area contributed by atoms with Gasteiger partial charge in [-0.2, -0.15) is 0 Å². The van der Waals surface area contributed by atoms with Crippen LogP contribution >= 0.6 is 23.2 Å². The van der Waals surface area contributed by atoms with Crippen LogP contribution in [0.1, 0.15) is 26.5 Å². The lowest BCUT2D eigenvalue weighted by Crippen LogP contribution is -2.50. The second kappa shape index (κ2) is 7.45. The van der Waals surface area contributed by atoms with Gasteiger partial charge >= 0.3 is 0 Å². The van der Waals surface area contributed by atoms with Crippen LogP contribution in [0, 0.1) is 6.92 Å². The van der Waals surface area contributed by atoms with Gasteiger partial charge in [-0.1, -0.05) is 35.3 Å². The fourth-order valence-corrected chi connectivity index (χ4v) is 3.75. The van der Waals surface area contributed by atoms with Crippen LogP contribution in [0.2, 0.25) is 10.0 Å². The van der Waals surface area contributed by atoms with Crippen LogP contribution in [0.5, 0.6) is 0 Å². The van der Waals surface area contributed by atoms with Crippen LogP contribution < -0.4 is 0 Å². The zero-order valence-corrected chi connectivity index (χ0v) is 16.7. The molecule has 3 heterocycles. The molecule has 2 amide bonds. The number of benzene rings is 1. The van der Waals surface area contributed by atoms with Gasteiger partial charge in [-0.15, -0.1) is 0 Å². The molecule has 1 aliphatic rings. The number of hydrogen-bond donors (Lipinski definition) is 0. The number of aryl methyl sites for hydroxylation is 1. The summed E-state index contributed by atoms with van der Waals surface area (Å²) in [6, 6.07) is 10.8. The molecule has 4 rings (SSSR count). The number of fused-ring (bicyclic) bond motifs is 1. The van der Waals surface area contributed by atoms with Crippen molar-refractivity contribution in [3.63, 3.8) is 0 Å². The third-order valence-electron chi connectivity index (χ3n) is 4.95. The molecule has 2 aromatic heterocycles. The van der Waals surface area contributed by atoms with Gasteiger partial charge in [0.25, 0.3) is 11.8 Å². The number of pyridine rings is 1. The van der Waals surface area contributed by atoms with Gasteiger partial charge in [0.2, 0.25) is 0 Å². The van der Waals surface area contributed by atoms with Crippen LogP contribution in [-0.4, -0.2) is 57.2 Å². The van der Waals surface area contributed by atoms with Crippen LogP contribution in [0.4, 0.5) is 0 Å². The molecule has 1 aliphatic heterocycles. The largest absolute Gasteiger partial charge is 0.335 e. The van der Waals surface area contributed by atoms with Crippen molar-refractivity contribution in [2.24, 2.45) is 0 Å². The van der Waals surface area contributed by atoms with Crippen LogP contribution in [0.3, 0.4) is 0 Å². The second-order valence-corrected chi connectivity index (χ2v) is 7.49. The van der Waals surface area contributed by atoms with Crippen molar-refractivity contribution >= 4 is 40.7 Å². The first-order valence-corrected chi connectivity index (χ1v) is 9.68. The Balaban J connectivity index is 1.46. The SMILES string of the molecule is Cc1cccc2nc(C(=O)N3CCN(C(=O)c4cccc(Cl)c4Cl)CC3)cn12. The summed E-state index contributed by atoms with van der Waals surface area (Å²) in [4.78, 5) is 33.4. The Bertz CT molecular complexity index is 1070. The Morgan fingerprint density at radius 3 is 2.25 bits per heavy atom. The van der Waals surface area contributed by atoms with E-state index < -0.39 is 0 Å². The predicted octanol–water partition coefficient (Wildman–Crippen LogP) is 3.55. The smallest absolute Gasteiger partial charge is 0.274 e. The van der Waals surface area contributed by atoms with Crippen molar-refractivity contribution < 1.29 is 9.59 Å². The minimum atomic E-state index is -0.178. The summed E-state index contributed by atoms with van der Waals surface area (Å²) in [7, 11) is 0. The van der Waals surface area contributed by atoms with Crippen LogP contribution in [0.15, 0.2) is 42.6 Å². The monoisotopic (exact) mass is 416 g/mol. The molecule has 6 nitrogen and oxygen atoms in total. The van der Waals surface area contributed by atoms with E-state index in [2.05, 4.69) is 4.98 Å². The van der Waals surface area contributed by atoms with Crippen LogP contribution in [-0.2, 0) is 0 Å². The van der Waals surface area contributed by atoms with E-state index >= 15 is 0 Å². The zero-order chi connectivity index (χ0) is 19.8. The number of rotatable bonds is 2. The number of carbonyl (C=O) groups excluding carboxylic acids is 2. The van der Waals surface area contributed by atoms with E-state index in [0.29, 0.717) is 42.5 Å². The summed E-state index contributed by atoms with van der Waals surface area (Å²) >= 11 is 12.2. The molecule has 144 valence electrons. The highest BCUT2D eigenvalue weighted by molar-refractivity contribution is 6.43. The molecule has 28 heavy (non-hydrogen) atoms. The molecule has 1 fully saturated rings. The van der Waals surface area contributed by atoms with E-state index in [0.717, 1.165) is 11.3 Å². The minimum Gasteiger partial charge on any atom is -0.335 e. The zero-order valence-electron chi connectivity index (χ0n) is 15.2. The topological polar surface area (TPSA) is 57.9 Å². The number of aromatic nitrogens is 2. The Morgan fingerprint density at radius 2 is 1.57 bits per heavy atom. The molecule has 0 saturated carbocycles. The highest BCUT2D eigenvalue weighted by Gasteiger charge is 2.28. The quantitative estimate of drug-likeness (QED) is 0.641. The van der Waals surface area contributed by atoms with Gasteiger partial charge in [-0.3, -0.25) is 9.59 Å². The third-order valence-corrected chi connectivity index (χ3v) is 5.77. The molecular weight excluding hydrogens is 399 g/mol. The molecule has 3 aromatic rings. The Labute approximate surface area is 172 Å². The van der Waals surface area contributed by atoms with Crippen molar-refractivity contribution in [1.82, 2.24) is 19.2 Å². The number of imidazole rings is 1. The van der Waals surface area contributed by atoms with Gasteiger partial charge in [0.05, 0.1) is 15.6 Å². The number of amides is 2. The number of nitrogens with zero attached hydrogens (tertiary/aromatic N) is 4. The van der Waals surface area contributed by atoms with Crippen molar-refractivity contribution in [2.75, 3.05) is 26.2 Å². The van der Waals surface area contributed by atoms with E-state index in [1.54, 1.807) is 34.2 Å². The van der Waals surface area contributed by atoms with Gasteiger partial charge < -0.3 is 14.2 Å². The maximum Gasteiger partial charge on any atom is 0.274 e.